The lowest BCUT2D eigenvalue weighted by atomic mass is 10.1. The van der Waals surface area contributed by atoms with Crippen LogP contribution in [-0.2, 0) is 17.8 Å². The van der Waals surface area contributed by atoms with Gasteiger partial charge in [-0.05, 0) is 25.5 Å². The highest BCUT2D eigenvalue weighted by molar-refractivity contribution is 5.78. The Hall–Kier alpha value is -2.38. The number of fused-ring (bicyclic) bond motifs is 1. The van der Waals surface area contributed by atoms with Crippen LogP contribution in [0.5, 0.6) is 0 Å². The summed E-state index contributed by atoms with van der Waals surface area (Å²) in [5.74, 6) is 0.996. The van der Waals surface area contributed by atoms with Crippen molar-refractivity contribution in [2.75, 3.05) is 39.3 Å². The number of hydrogen-bond donors (Lipinski definition) is 0. The van der Waals surface area contributed by atoms with Gasteiger partial charge in [-0.25, -0.2) is 9.97 Å². The summed E-state index contributed by atoms with van der Waals surface area (Å²) in [6.07, 6.45) is 10.1. The van der Waals surface area contributed by atoms with E-state index < -0.39 is 0 Å². The van der Waals surface area contributed by atoms with Crippen LogP contribution in [0, 0.1) is 0 Å². The van der Waals surface area contributed by atoms with Crippen LogP contribution in [0.3, 0.4) is 0 Å². The fourth-order valence-electron chi connectivity index (χ4n) is 4.54. The van der Waals surface area contributed by atoms with Gasteiger partial charge < -0.3 is 4.90 Å². The van der Waals surface area contributed by atoms with Crippen LogP contribution in [0.15, 0.2) is 30.7 Å². The van der Waals surface area contributed by atoms with Gasteiger partial charge in [-0.2, -0.15) is 0 Å². The van der Waals surface area contributed by atoms with E-state index in [0.29, 0.717) is 12.6 Å². The molecule has 4 rings (SSSR count). The summed E-state index contributed by atoms with van der Waals surface area (Å²) in [7, 11) is 0. The van der Waals surface area contributed by atoms with E-state index in [1.165, 1.54) is 19.3 Å². The molecule has 0 N–H and O–H groups in total. The lowest BCUT2D eigenvalue weighted by molar-refractivity contribution is -0.134. The van der Waals surface area contributed by atoms with Crippen molar-refractivity contribution >= 4 is 5.91 Å². The van der Waals surface area contributed by atoms with Crippen LogP contribution < -0.4 is 0 Å². The minimum atomic E-state index is 0.249. The van der Waals surface area contributed by atoms with Gasteiger partial charge in [-0.1, -0.05) is 19.8 Å². The van der Waals surface area contributed by atoms with Crippen LogP contribution in [0.2, 0.25) is 0 Å². The molecule has 2 aliphatic heterocycles. The molecule has 1 saturated heterocycles. The zero-order valence-electron chi connectivity index (χ0n) is 18.8. The first-order chi connectivity index (χ1) is 15.1. The number of aromatic nitrogens is 3. The van der Waals surface area contributed by atoms with Crippen LogP contribution in [0.1, 0.15) is 44.4 Å². The van der Waals surface area contributed by atoms with Gasteiger partial charge in [-0.15, -0.1) is 0 Å². The average Bonchev–Trinajstić information content (AvgIpc) is 2.82. The molecule has 7 heteroatoms. The van der Waals surface area contributed by atoms with E-state index in [9.17, 15) is 4.79 Å². The van der Waals surface area contributed by atoms with Gasteiger partial charge in [0.15, 0.2) is 5.82 Å². The van der Waals surface area contributed by atoms with Gasteiger partial charge in [0.2, 0.25) is 5.91 Å². The highest BCUT2D eigenvalue weighted by Gasteiger charge is 2.26. The summed E-state index contributed by atoms with van der Waals surface area (Å²) >= 11 is 0. The molecular formula is C24H34N6O. The zero-order valence-corrected chi connectivity index (χ0v) is 18.8. The minimum Gasteiger partial charge on any atom is -0.339 e. The van der Waals surface area contributed by atoms with E-state index in [1.807, 2.05) is 23.2 Å². The molecule has 2 aliphatic rings. The molecule has 2 aromatic rings. The third kappa shape index (κ3) is 5.46. The second kappa shape index (κ2) is 10.3. The molecule has 1 amide bonds. The smallest absolute Gasteiger partial charge is 0.236 e. The van der Waals surface area contributed by atoms with Gasteiger partial charge in [0, 0.05) is 81.4 Å². The Balaban J connectivity index is 1.28. The highest BCUT2D eigenvalue weighted by atomic mass is 16.2. The SMILES string of the molecule is CCCCC(C)N1CCN(C(=O)CN2CCc3nc(-c4ccncc4)ncc3C2)CC1. The third-order valence-corrected chi connectivity index (χ3v) is 6.58. The zero-order chi connectivity index (χ0) is 21.6. The molecule has 0 saturated carbocycles. The van der Waals surface area contributed by atoms with E-state index >= 15 is 0 Å². The predicted octanol–water partition coefficient (Wildman–Crippen LogP) is 2.62. The number of carbonyl (C=O) groups excluding carboxylic acids is 1. The Morgan fingerprint density at radius 3 is 2.65 bits per heavy atom. The molecular weight excluding hydrogens is 388 g/mol. The second-order valence-corrected chi connectivity index (χ2v) is 8.77. The molecule has 2 aromatic heterocycles. The molecule has 4 heterocycles. The number of amides is 1. The van der Waals surface area contributed by atoms with Crippen molar-refractivity contribution in [3.63, 3.8) is 0 Å². The maximum Gasteiger partial charge on any atom is 0.236 e. The molecule has 0 aliphatic carbocycles. The summed E-state index contributed by atoms with van der Waals surface area (Å²) < 4.78 is 0. The number of pyridine rings is 1. The Bertz CT molecular complexity index is 866. The number of nitrogens with zero attached hydrogens (tertiary/aromatic N) is 6. The van der Waals surface area contributed by atoms with Crippen molar-refractivity contribution < 1.29 is 4.79 Å². The van der Waals surface area contributed by atoms with Crippen molar-refractivity contribution in [1.29, 1.82) is 0 Å². The lowest BCUT2D eigenvalue weighted by Crippen LogP contribution is -2.53. The highest BCUT2D eigenvalue weighted by Crippen LogP contribution is 2.21. The van der Waals surface area contributed by atoms with Crippen molar-refractivity contribution in [3.05, 3.63) is 42.0 Å². The summed E-state index contributed by atoms with van der Waals surface area (Å²) in [5.41, 5.74) is 3.21. The maximum atomic E-state index is 12.9. The first-order valence-corrected chi connectivity index (χ1v) is 11.6. The van der Waals surface area contributed by atoms with Crippen molar-refractivity contribution in [2.45, 2.75) is 52.1 Å². The summed E-state index contributed by atoms with van der Waals surface area (Å²) in [5, 5.41) is 0. The number of rotatable bonds is 7. The number of unbranched alkanes of at least 4 members (excludes halogenated alkanes) is 1. The lowest BCUT2D eigenvalue weighted by Gasteiger charge is -2.39. The van der Waals surface area contributed by atoms with Gasteiger partial charge in [0.05, 0.1) is 12.2 Å². The van der Waals surface area contributed by atoms with Gasteiger partial charge in [0.25, 0.3) is 0 Å². The van der Waals surface area contributed by atoms with E-state index in [1.54, 1.807) is 12.4 Å². The topological polar surface area (TPSA) is 65.5 Å². The first-order valence-electron chi connectivity index (χ1n) is 11.6. The summed E-state index contributed by atoms with van der Waals surface area (Å²) in [6, 6.07) is 4.48. The average molecular weight is 423 g/mol. The molecule has 7 nitrogen and oxygen atoms in total. The molecule has 1 fully saturated rings. The fourth-order valence-corrected chi connectivity index (χ4v) is 4.54. The first kappa shape index (κ1) is 21.8. The number of hydrogen-bond acceptors (Lipinski definition) is 6. The summed E-state index contributed by atoms with van der Waals surface area (Å²) in [6.45, 7) is 10.3. The molecule has 166 valence electrons. The van der Waals surface area contributed by atoms with E-state index in [2.05, 4.69) is 33.6 Å². The van der Waals surface area contributed by atoms with Crippen LogP contribution >= 0.6 is 0 Å². The van der Waals surface area contributed by atoms with Crippen molar-refractivity contribution in [3.8, 4) is 11.4 Å². The van der Waals surface area contributed by atoms with Gasteiger partial charge >= 0.3 is 0 Å². The Labute approximate surface area is 185 Å². The van der Waals surface area contributed by atoms with Crippen LogP contribution in [-0.4, -0.2) is 80.9 Å². The molecule has 1 atom stereocenters. The third-order valence-electron chi connectivity index (χ3n) is 6.58. The monoisotopic (exact) mass is 422 g/mol. The Morgan fingerprint density at radius 1 is 1.13 bits per heavy atom. The van der Waals surface area contributed by atoms with Crippen LogP contribution in [0.25, 0.3) is 11.4 Å². The van der Waals surface area contributed by atoms with Gasteiger partial charge in [-0.3, -0.25) is 19.6 Å². The number of carbonyl (C=O) groups is 1. The standard InChI is InChI=1S/C24H34N6O/c1-3-4-5-19(2)29-12-14-30(15-13-29)23(31)18-28-11-8-22-21(17-28)16-26-24(27-22)20-6-9-25-10-7-20/h6-7,9-10,16,19H,3-5,8,11-15,17-18H2,1-2H3. The number of piperazine rings is 1. The quantitative estimate of drug-likeness (QED) is 0.683. The molecule has 31 heavy (non-hydrogen) atoms. The van der Waals surface area contributed by atoms with Crippen LogP contribution in [0.4, 0.5) is 0 Å². The van der Waals surface area contributed by atoms with Crippen molar-refractivity contribution in [2.24, 2.45) is 0 Å². The molecule has 0 bridgehead atoms. The van der Waals surface area contributed by atoms with Gasteiger partial charge in [0.1, 0.15) is 0 Å². The molecule has 0 aromatic carbocycles. The Kier molecular flexibility index (Phi) is 7.25. The van der Waals surface area contributed by atoms with E-state index in [-0.39, 0.29) is 5.91 Å². The normalized spacial score (nSPS) is 18.6. The molecule has 0 radical (unpaired) electrons. The molecule has 1 unspecified atom stereocenters. The van der Waals surface area contributed by atoms with E-state index in [4.69, 9.17) is 4.98 Å². The Morgan fingerprint density at radius 2 is 1.90 bits per heavy atom. The fraction of sp³-hybridized carbons (Fsp3) is 0.583. The summed E-state index contributed by atoms with van der Waals surface area (Å²) in [4.78, 5) is 33.1. The second-order valence-electron chi connectivity index (χ2n) is 8.77. The molecule has 0 spiro atoms. The minimum absolute atomic E-state index is 0.249. The van der Waals surface area contributed by atoms with Crippen molar-refractivity contribution in [1.82, 2.24) is 29.7 Å². The maximum absolute atomic E-state index is 12.9. The van der Waals surface area contributed by atoms with E-state index in [0.717, 1.165) is 68.3 Å². The largest absolute Gasteiger partial charge is 0.339 e. The predicted molar refractivity (Wildman–Crippen MR) is 121 cm³/mol.